The Bertz CT molecular complexity index is 401. The lowest BCUT2D eigenvalue weighted by molar-refractivity contribution is 0.0600. The molecular formula is C12H13NO3. The van der Waals surface area contributed by atoms with Gasteiger partial charge in [-0.1, -0.05) is 5.92 Å². The average molecular weight is 219 g/mol. The smallest absolute Gasteiger partial charge is 0.339 e. The highest BCUT2D eigenvalue weighted by Crippen LogP contribution is 2.01. The summed E-state index contributed by atoms with van der Waals surface area (Å²) in [5, 5.41) is 8.55. The van der Waals surface area contributed by atoms with Crippen molar-refractivity contribution in [2.75, 3.05) is 13.7 Å². The third kappa shape index (κ3) is 3.71. The highest BCUT2D eigenvalue weighted by atomic mass is 16.5. The lowest BCUT2D eigenvalue weighted by atomic mass is 10.2. The number of esters is 1. The van der Waals surface area contributed by atoms with Gasteiger partial charge in [-0.25, -0.2) is 9.78 Å². The normalized spacial score (nSPS) is 9.12. The first kappa shape index (κ1) is 12.2. The maximum absolute atomic E-state index is 11.1. The fraction of sp³-hybridized carbons (Fsp3) is 0.333. The zero-order valence-corrected chi connectivity index (χ0v) is 9.06. The molecule has 0 aliphatic heterocycles. The third-order valence-corrected chi connectivity index (χ3v) is 1.86. The van der Waals surface area contributed by atoms with E-state index in [1.54, 1.807) is 12.1 Å². The highest BCUT2D eigenvalue weighted by molar-refractivity contribution is 5.88. The number of aromatic nitrogens is 1. The summed E-state index contributed by atoms with van der Waals surface area (Å²) in [6, 6.07) is 3.28. The van der Waals surface area contributed by atoms with Crippen molar-refractivity contribution in [3.8, 4) is 11.8 Å². The summed E-state index contributed by atoms with van der Waals surface area (Å²) >= 11 is 0. The molecule has 1 rings (SSSR count). The first-order valence-corrected chi connectivity index (χ1v) is 4.92. The summed E-state index contributed by atoms with van der Waals surface area (Å²) in [5.41, 5.74) is 1.01. The number of unbranched alkanes of at least 4 members (excludes halogenated alkanes) is 1. The van der Waals surface area contributed by atoms with Crippen molar-refractivity contribution in [2.24, 2.45) is 0 Å². The molecule has 0 atom stereocenters. The number of hydrogen-bond donors (Lipinski definition) is 1. The van der Waals surface area contributed by atoms with Gasteiger partial charge >= 0.3 is 5.97 Å². The van der Waals surface area contributed by atoms with Gasteiger partial charge in [0.1, 0.15) is 5.69 Å². The predicted octanol–water partition coefficient (Wildman–Crippen LogP) is 0.992. The van der Waals surface area contributed by atoms with Gasteiger partial charge in [0, 0.05) is 19.2 Å². The quantitative estimate of drug-likeness (QED) is 0.468. The van der Waals surface area contributed by atoms with Gasteiger partial charge in [0.05, 0.1) is 12.7 Å². The fourth-order valence-electron chi connectivity index (χ4n) is 1.03. The minimum absolute atomic E-state index is 0.142. The van der Waals surface area contributed by atoms with Crippen LogP contribution >= 0.6 is 0 Å². The molecule has 4 heteroatoms. The SMILES string of the molecule is COC(=O)c1ccc(C#CCCCO)nc1. The number of methoxy groups -OCH3 is 1. The summed E-state index contributed by atoms with van der Waals surface area (Å²) in [4.78, 5) is 15.1. The molecule has 4 nitrogen and oxygen atoms in total. The molecule has 0 aliphatic rings. The zero-order chi connectivity index (χ0) is 11.8. The molecule has 0 spiro atoms. The van der Waals surface area contributed by atoms with Gasteiger partial charge in [-0.3, -0.25) is 0 Å². The van der Waals surface area contributed by atoms with E-state index in [0.717, 1.165) is 0 Å². The van der Waals surface area contributed by atoms with Gasteiger partial charge in [0.15, 0.2) is 0 Å². The minimum atomic E-state index is -0.410. The number of carbonyl (C=O) groups is 1. The van der Waals surface area contributed by atoms with Crippen LogP contribution in [0.1, 0.15) is 28.9 Å². The van der Waals surface area contributed by atoms with E-state index in [1.165, 1.54) is 13.3 Å². The number of nitrogens with zero attached hydrogens (tertiary/aromatic N) is 1. The van der Waals surface area contributed by atoms with Crippen molar-refractivity contribution in [1.29, 1.82) is 0 Å². The zero-order valence-electron chi connectivity index (χ0n) is 9.06. The first-order valence-electron chi connectivity index (χ1n) is 4.92. The van der Waals surface area contributed by atoms with Crippen molar-refractivity contribution >= 4 is 5.97 Å². The van der Waals surface area contributed by atoms with E-state index in [2.05, 4.69) is 21.6 Å². The second-order valence-electron chi connectivity index (χ2n) is 3.05. The number of pyridine rings is 1. The molecule has 0 fully saturated rings. The van der Waals surface area contributed by atoms with Crippen molar-refractivity contribution in [1.82, 2.24) is 4.98 Å². The number of carbonyl (C=O) groups excluding carboxylic acids is 1. The number of aliphatic hydroxyl groups excluding tert-OH is 1. The Hall–Kier alpha value is -1.86. The van der Waals surface area contributed by atoms with Crippen LogP contribution < -0.4 is 0 Å². The number of aliphatic hydroxyl groups is 1. The summed E-state index contributed by atoms with van der Waals surface area (Å²) < 4.78 is 4.55. The molecule has 0 radical (unpaired) electrons. The van der Waals surface area contributed by atoms with Crippen molar-refractivity contribution in [3.63, 3.8) is 0 Å². The van der Waals surface area contributed by atoms with Crippen LogP contribution in [0.5, 0.6) is 0 Å². The maximum Gasteiger partial charge on any atom is 0.339 e. The molecule has 0 aromatic carbocycles. The minimum Gasteiger partial charge on any atom is -0.465 e. The van der Waals surface area contributed by atoms with Gasteiger partial charge in [-0.2, -0.15) is 0 Å². The number of hydrogen-bond acceptors (Lipinski definition) is 4. The molecule has 1 heterocycles. The monoisotopic (exact) mass is 219 g/mol. The summed E-state index contributed by atoms with van der Waals surface area (Å²) in [6.07, 6.45) is 2.73. The molecule has 0 unspecified atom stereocenters. The molecule has 16 heavy (non-hydrogen) atoms. The summed E-state index contributed by atoms with van der Waals surface area (Å²) in [6.45, 7) is 0.142. The number of ether oxygens (including phenoxy) is 1. The Labute approximate surface area is 94.3 Å². The third-order valence-electron chi connectivity index (χ3n) is 1.86. The van der Waals surface area contributed by atoms with Crippen molar-refractivity contribution in [2.45, 2.75) is 12.8 Å². The van der Waals surface area contributed by atoms with Crippen LogP contribution in [0.2, 0.25) is 0 Å². The predicted molar refractivity (Wildman–Crippen MR) is 58.8 cm³/mol. The lowest BCUT2D eigenvalue weighted by Crippen LogP contribution is -2.01. The fourth-order valence-corrected chi connectivity index (χ4v) is 1.03. The van der Waals surface area contributed by atoms with Crippen LogP contribution in [0.25, 0.3) is 0 Å². The van der Waals surface area contributed by atoms with Gasteiger partial charge in [-0.15, -0.1) is 0 Å². The van der Waals surface area contributed by atoms with Crippen LogP contribution in [0.15, 0.2) is 18.3 Å². The highest BCUT2D eigenvalue weighted by Gasteiger charge is 2.03. The Morgan fingerprint density at radius 2 is 2.38 bits per heavy atom. The molecule has 84 valence electrons. The van der Waals surface area contributed by atoms with Crippen LogP contribution in [0, 0.1) is 11.8 Å². The molecule has 1 aromatic rings. The van der Waals surface area contributed by atoms with Gasteiger partial charge < -0.3 is 9.84 Å². The van der Waals surface area contributed by atoms with E-state index in [9.17, 15) is 4.79 Å². The Kier molecular flexibility index (Phi) is 5.03. The van der Waals surface area contributed by atoms with Crippen LogP contribution in [0.4, 0.5) is 0 Å². The van der Waals surface area contributed by atoms with E-state index in [0.29, 0.717) is 24.1 Å². The second kappa shape index (κ2) is 6.59. The number of rotatable bonds is 3. The Balaban J connectivity index is 2.63. The molecule has 0 amide bonds. The maximum atomic E-state index is 11.1. The molecule has 0 saturated heterocycles. The van der Waals surface area contributed by atoms with Gasteiger partial charge in [0.2, 0.25) is 0 Å². The van der Waals surface area contributed by atoms with Crippen LogP contribution in [-0.2, 0) is 4.74 Å². The molecule has 0 aliphatic carbocycles. The van der Waals surface area contributed by atoms with Gasteiger partial charge in [-0.05, 0) is 24.5 Å². The summed E-state index contributed by atoms with van der Waals surface area (Å²) in [7, 11) is 1.32. The standard InChI is InChI=1S/C12H13NO3/c1-16-12(15)10-6-7-11(13-9-10)5-3-2-4-8-14/h6-7,9,14H,2,4,8H2,1H3. The summed E-state index contributed by atoms with van der Waals surface area (Å²) in [5.74, 6) is 5.31. The Morgan fingerprint density at radius 3 is 2.94 bits per heavy atom. The average Bonchev–Trinajstić information content (AvgIpc) is 2.34. The second-order valence-corrected chi connectivity index (χ2v) is 3.05. The molecule has 1 N–H and O–H groups in total. The first-order chi connectivity index (χ1) is 7.77. The van der Waals surface area contributed by atoms with Crippen molar-refractivity contribution in [3.05, 3.63) is 29.6 Å². The van der Waals surface area contributed by atoms with Gasteiger partial charge in [0.25, 0.3) is 0 Å². The molecule has 0 saturated carbocycles. The van der Waals surface area contributed by atoms with E-state index in [1.807, 2.05) is 0 Å². The van der Waals surface area contributed by atoms with Crippen LogP contribution in [-0.4, -0.2) is 29.8 Å². The van der Waals surface area contributed by atoms with E-state index < -0.39 is 5.97 Å². The molecular weight excluding hydrogens is 206 g/mol. The van der Waals surface area contributed by atoms with E-state index >= 15 is 0 Å². The van der Waals surface area contributed by atoms with E-state index in [-0.39, 0.29) is 6.61 Å². The van der Waals surface area contributed by atoms with Crippen LogP contribution in [0.3, 0.4) is 0 Å². The molecule has 0 bridgehead atoms. The molecule has 1 aromatic heterocycles. The van der Waals surface area contributed by atoms with Crippen molar-refractivity contribution < 1.29 is 14.6 Å². The lowest BCUT2D eigenvalue weighted by Gasteiger charge is -1.97. The topological polar surface area (TPSA) is 59.4 Å². The Morgan fingerprint density at radius 1 is 1.56 bits per heavy atom. The largest absolute Gasteiger partial charge is 0.465 e. The van der Waals surface area contributed by atoms with E-state index in [4.69, 9.17) is 5.11 Å².